The molecule has 14 nitrogen and oxygen atoms in total. The number of rotatable bonds is 2. The number of halogens is 3. The van der Waals surface area contributed by atoms with Gasteiger partial charge in [-0.15, -0.1) is 12.4 Å². The Morgan fingerprint density at radius 3 is 1.62 bits per heavy atom. The van der Waals surface area contributed by atoms with E-state index in [-0.39, 0.29) is 70.7 Å². The van der Waals surface area contributed by atoms with Gasteiger partial charge in [0, 0.05) is 0 Å². The summed E-state index contributed by atoms with van der Waals surface area (Å²) in [4.78, 5) is 41.5. The average Bonchev–Trinajstić information content (AvgIpc) is 2.66. The first kappa shape index (κ1) is 22.4. The SMILES string of the molecule is Cl.Nc1nc(N)c(C(=O)N2CNN(C(=O)c3nc(Cl)c(N)nc3N)NC2)nc1Cl. The lowest BCUT2D eigenvalue weighted by molar-refractivity contribution is 0.00492. The molecule has 0 aliphatic carbocycles. The first-order chi connectivity index (χ1) is 13.2. The number of nitrogens with two attached hydrogens (primary N) is 4. The highest BCUT2D eigenvalue weighted by molar-refractivity contribution is 6.32. The van der Waals surface area contributed by atoms with Crippen molar-refractivity contribution in [2.24, 2.45) is 0 Å². The molecule has 0 saturated carbocycles. The van der Waals surface area contributed by atoms with Gasteiger partial charge in [-0.2, -0.15) is 16.0 Å². The van der Waals surface area contributed by atoms with E-state index in [4.69, 9.17) is 46.1 Å². The van der Waals surface area contributed by atoms with E-state index >= 15 is 0 Å². The lowest BCUT2D eigenvalue weighted by atomic mass is 10.3. The number of carbonyl (C=O) groups excluding carboxylic acids is 2. The minimum Gasteiger partial charge on any atom is -0.382 e. The van der Waals surface area contributed by atoms with Crippen LogP contribution in [0.4, 0.5) is 23.3 Å². The van der Waals surface area contributed by atoms with Crippen molar-refractivity contribution < 1.29 is 9.59 Å². The Balaban J connectivity index is 0.00000300. The second-order valence-electron chi connectivity index (χ2n) is 5.39. The molecule has 10 N–H and O–H groups in total. The Morgan fingerprint density at radius 2 is 1.17 bits per heavy atom. The number of hydrogen-bond acceptors (Lipinski definition) is 12. The van der Waals surface area contributed by atoms with Crippen molar-refractivity contribution in [3.63, 3.8) is 0 Å². The summed E-state index contributed by atoms with van der Waals surface area (Å²) in [6.07, 6.45) is 0. The highest BCUT2D eigenvalue weighted by atomic mass is 35.5. The van der Waals surface area contributed by atoms with Crippen LogP contribution < -0.4 is 33.8 Å². The Hall–Kier alpha value is -2.91. The molecule has 1 saturated heterocycles. The summed E-state index contributed by atoms with van der Waals surface area (Å²) in [5.74, 6) is -1.85. The van der Waals surface area contributed by atoms with Crippen molar-refractivity contribution in [1.29, 1.82) is 0 Å². The standard InChI is InChI=1S/C12H14Cl2N12O2.ClH/c13-5-9(17)23-7(15)3(21-5)11(27)25-1-19-26(20-2-25)12(28)4-8(16)24-10(18)6(14)22-4;/h19-20H,1-2H2,(H4,15,17,23)(H4,16,18,24);1H. The predicted molar refractivity (Wildman–Crippen MR) is 107 cm³/mol. The Labute approximate surface area is 179 Å². The highest BCUT2D eigenvalue weighted by Crippen LogP contribution is 2.20. The number of anilines is 4. The molecule has 0 atom stereocenters. The van der Waals surface area contributed by atoms with E-state index in [1.165, 1.54) is 4.90 Å². The zero-order valence-electron chi connectivity index (χ0n) is 14.4. The van der Waals surface area contributed by atoms with Crippen molar-refractivity contribution in [2.45, 2.75) is 0 Å². The summed E-state index contributed by atoms with van der Waals surface area (Å²) in [5, 5.41) is 0.656. The number of nitrogens with zero attached hydrogens (tertiary/aromatic N) is 6. The van der Waals surface area contributed by atoms with Gasteiger partial charge in [0.2, 0.25) is 0 Å². The Bertz CT molecular complexity index is 888. The molecule has 2 amide bonds. The van der Waals surface area contributed by atoms with Crippen LogP contribution in [0.25, 0.3) is 0 Å². The highest BCUT2D eigenvalue weighted by Gasteiger charge is 2.29. The van der Waals surface area contributed by atoms with Gasteiger partial charge in [-0.1, -0.05) is 23.2 Å². The third kappa shape index (κ3) is 4.41. The molecule has 3 heterocycles. The maximum Gasteiger partial charge on any atom is 0.305 e. The van der Waals surface area contributed by atoms with E-state index in [1.807, 2.05) is 0 Å². The van der Waals surface area contributed by atoms with Crippen molar-refractivity contribution in [3.05, 3.63) is 21.7 Å². The van der Waals surface area contributed by atoms with Gasteiger partial charge in [-0.25, -0.2) is 19.9 Å². The van der Waals surface area contributed by atoms with E-state index in [1.54, 1.807) is 0 Å². The van der Waals surface area contributed by atoms with E-state index in [0.29, 0.717) is 0 Å². The third-order valence-electron chi connectivity index (χ3n) is 3.54. The van der Waals surface area contributed by atoms with Gasteiger partial charge in [-0.3, -0.25) is 9.59 Å². The Kier molecular flexibility index (Phi) is 6.66. The van der Waals surface area contributed by atoms with Gasteiger partial charge in [0.25, 0.3) is 5.91 Å². The van der Waals surface area contributed by atoms with E-state index in [2.05, 4.69) is 30.8 Å². The molecule has 0 radical (unpaired) electrons. The second-order valence-corrected chi connectivity index (χ2v) is 6.10. The Morgan fingerprint density at radius 1 is 0.759 bits per heavy atom. The number of amides is 2. The van der Waals surface area contributed by atoms with Crippen LogP contribution in [0.15, 0.2) is 0 Å². The summed E-state index contributed by atoms with van der Waals surface area (Å²) in [6.45, 7) is -0.173. The van der Waals surface area contributed by atoms with Crippen LogP contribution in [0, 0.1) is 0 Å². The van der Waals surface area contributed by atoms with Crippen LogP contribution in [-0.4, -0.2) is 55.1 Å². The molecular formula is C12H15Cl3N12O2. The zero-order chi connectivity index (χ0) is 20.6. The van der Waals surface area contributed by atoms with Crippen molar-refractivity contribution >= 4 is 70.7 Å². The maximum absolute atomic E-state index is 12.6. The van der Waals surface area contributed by atoms with Gasteiger partial charge < -0.3 is 27.8 Å². The van der Waals surface area contributed by atoms with Gasteiger partial charge in [-0.05, 0) is 0 Å². The van der Waals surface area contributed by atoms with Crippen LogP contribution in [-0.2, 0) is 0 Å². The largest absolute Gasteiger partial charge is 0.382 e. The van der Waals surface area contributed by atoms with E-state index in [9.17, 15) is 9.59 Å². The molecule has 0 unspecified atom stereocenters. The monoisotopic (exact) mass is 464 g/mol. The summed E-state index contributed by atoms with van der Waals surface area (Å²) in [7, 11) is 0. The number of nitrogen functional groups attached to an aromatic ring is 4. The molecule has 1 aliphatic rings. The number of hydrogen-bond donors (Lipinski definition) is 6. The van der Waals surface area contributed by atoms with Gasteiger partial charge in [0.05, 0.1) is 13.3 Å². The van der Waals surface area contributed by atoms with Crippen LogP contribution >= 0.6 is 35.6 Å². The first-order valence-electron chi connectivity index (χ1n) is 7.46. The van der Waals surface area contributed by atoms with Crippen LogP contribution in [0.2, 0.25) is 10.3 Å². The summed E-state index contributed by atoms with van der Waals surface area (Å²) in [5.41, 5.74) is 27.2. The van der Waals surface area contributed by atoms with Crippen LogP contribution in [0.1, 0.15) is 21.0 Å². The predicted octanol–water partition coefficient (Wildman–Crippen LogP) is -1.15. The number of nitrogens with one attached hydrogen (secondary N) is 2. The normalized spacial score (nSPS) is 13.7. The quantitative estimate of drug-likeness (QED) is 0.309. The first-order valence-corrected chi connectivity index (χ1v) is 8.22. The smallest absolute Gasteiger partial charge is 0.305 e. The summed E-state index contributed by atoms with van der Waals surface area (Å²) < 4.78 is 0. The number of hydrazine groups is 2. The number of aromatic nitrogens is 4. The van der Waals surface area contributed by atoms with E-state index < -0.39 is 11.8 Å². The minimum atomic E-state index is -0.686. The van der Waals surface area contributed by atoms with E-state index in [0.717, 1.165) is 5.12 Å². The molecule has 17 heteroatoms. The van der Waals surface area contributed by atoms with Gasteiger partial charge >= 0.3 is 5.91 Å². The fourth-order valence-electron chi connectivity index (χ4n) is 2.16. The second kappa shape index (κ2) is 8.62. The molecule has 0 bridgehead atoms. The molecule has 0 spiro atoms. The molecule has 3 rings (SSSR count). The molecule has 1 aliphatic heterocycles. The van der Waals surface area contributed by atoms with Crippen molar-refractivity contribution in [1.82, 2.24) is 40.8 Å². The summed E-state index contributed by atoms with van der Waals surface area (Å²) >= 11 is 11.6. The van der Waals surface area contributed by atoms with Crippen molar-refractivity contribution in [2.75, 3.05) is 36.3 Å². The lowest BCUT2D eigenvalue weighted by Gasteiger charge is -2.35. The molecule has 2 aromatic heterocycles. The van der Waals surface area contributed by atoms with Gasteiger partial charge in [0.15, 0.2) is 45.0 Å². The summed E-state index contributed by atoms with van der Waals surface area (Å²) in [6, 6.07) is 0. The molecular weight excluding hydrogens is 451 g/mol. The fraction of sp³-hybridized carbons (Fsp3) is 0.167. The maximum atomic E-state index is 12.6. The van der Waals surface area contributed by atoms with Crippen molar-refractivity contribution in [3.8, 4) is 0 Å². The third-order valence-corrected chi connectivity index (χ3v) is 4.10. The zero-order valence-corrected chi connectivity index (χ0v) is 16.7. The van der Waals surface area contributed by atoms with Gasteiger partial charge in [0.1, 0.15) is 0 Å². The van der Waals surface area contributed by atoms with Crippen LogP contribution in [0.5, 0.6) is 0 Å². The average molecular weight is 466 g/mol. The number of carbonyl (C=O) groups is 2. The topological polar surface area (TPSA) is 220 Å². The molecule has 156 valence electrons. The fourth-order valence-corrected chi connectivity index (χ4v) is 2.42. The molecule has 29 heavy (non-hydrogen) atoms. The minimum absolute atomic E-state index is 0. The van der Waals surface area contributed by atoms with Crippen LogP contribution in [0.3, 0.4) is 0 Å². The molecule has 0 aromatic carbocycles. The molecule has 1 fully saturated rings. The molecule has 2 aromatic rings. The lowest BCUT2D eigenvalue weighted by Crippen LogP contribution is -2.64.